The van der Waals surface area contributed by atoms with Crippen molar-refractivity contribution in [3.8, 4) is 0 Å². The zero-order chi connectivity index (χ0) is 13.2. The van der Waals surface area contributed by atoms with Gasteiger partial charge in [-0.3, -0.25) is 4.79 Å². The highest BCUT2D eigenvalue weighted by Gasteiger charge is 2.25. The van der Waals surface area contributed by atoms with E-state index in [-0.39, 0.29) is 18.0 Å². The van der Waals surface area contributed by atoms with Gasteiger partial charge in [0.25, 0.3) is 0 Å². The molecule has 0 aliphatic carbocycles. The SMILES string of the molecule is CC(C)(C)NS(=O)(=O)CCC(=O)C(C)(C)C. The molecule has 0 radical (unpaired) electrons. The summed E-state index contributed by atoms with van der Waals surface area (Å²) < 4.78 is 25.8. The molecule has 0 aliphatic rings. The van der Waals surface area contributed by atoms with Crippen molar-refractivity contribution in [1.29, 1.82) is 0 Å². The van der Waals surface area contributed by atoms with Crippen molar-refractivity contribution in [2.24, 2.45) is 5.41 Å². The smallest absolute Gasteiger partial charge is 0.212 e. The fourth-order valence-electron chi connectivity index (χ4n) is 1.12. The number of rotatable bonds is 4. The van der Waals surface area contributed by atoms with Gasteiger partial charge in [0.15, 0.2) is 0 Å². The molecule has 0 fully saturated rings. The van der Waals surface area contributed by atoms with Gasteiger partial charge in [-0.2, -0.15) is 0 Å². The molecular formula is C11H23NO3S. The minimum atomic E-state index is -3.37. The maximum atomic E-state index is 11.6. The van der Waals surface area contributed by atoms with Gasteiger partial charge in [0.1, 0.15) is 5.78 Å². The number of hydrogen-bond acceptors (Lipinski definition) is 3. The zero-order valence-electron chi connectivity index (χ0n) is 11.0. The van der Waals surface area contributed by atoms with Gasteiger partial charge < -0.3 is 0 Å². The molecular weight excluding hydrogens is 226 g/mol. The molecule has 0 aliphatic heterocycles. The third kappa shape index (κ3) is 6.95. The molecule has 1 N–H and O–H groups in total. The third-order valence-electron chi connectivity index (χ3n) is 1.90. The number of ketones is 1. The largest absolute Gasteiger partial charge is 0.299 e. The number of sulfonamides is 1. The Hall–Kier alpha value is -0.420. The lowest BCUT2D eigenvalue weighted by atomic mass is 9.89. The summed E-state index contributed by atoms with van der Waals surface area (Å²) in [5, 5.41) is 0. The predicted octanol–water partition coefficient (Wildman–Crippen LogP) is 1.71. The van der Waals surface area contributed by atoms with Crippen LogP contribution in [-0.2, 0) is 14.8 Å². The van der Waals surface area contributed by atoms with Crippen molar-refractivity contribution < 1.29 is 13.2 Å². The Morgan fingerprint density at radius 3 is 1.81 bits per heavy atom. The first-order chi connectivity index (χ1) is 6.83. The summed E-state index contributed by atoms with van der Waals surface area (Å²) in [6.45, 7) is 10.7. The Morgan fingerprint density at radius 1 is 1.06 bits per heavy atom. The van der Waals surface area contributed by atoms with Gasteiger partial charge in [-0.25, -0.2) is 13.1 Å². The zero-order valence-corrected chi connectivity index (χ0v) is 11.9. The fraction of sp³-hybridized carbons (Fsp3) is 0.909. The number of hydrogen-bond donors (Lipinski definition) is 1. The van der Waals surface area contributed by atoms with E-state index in [0.29, 0.717) is 0 Å². The van der Waals surface area contributed by atoms with Gasteiger partial charge in [0, 0.05) is 17.4 Å². The number of nitrogens with one attached hydrogen (secondary N) is 1. The number of Topliss-reactive ketones (excluding diaryl/α,β-unsaturated/α-hetero) is 1. The van der Waals surface area contributed by atoms with Crippen LogP contribution >= 0.6 is 0 Å². The van der Waals surface area contributed by atoms with Crippen molar-refractivity contribution in [3.05, 3.63) is 0 Å². The van der Waals surface area contributed by atoms with Crippen molar-refractivity contribution in [2.75, 3.05) is 5.75 Å². The van der Waals surface area contributed by atoms with Crippen LogP contribution in [0, 0.1) is 5.41 Å². The van der Waals surface area contributed by atoms with Crippen molar-refractivity contribution >= 4 is 15.8 Å². The van der Waals surface area contributed by atoms with Crippen LogP contribution in [0.1, 0.15) is 48.0 Å². The lowest BCUT2D eigenvalue weighted by Crippen LogP contribution is -2.42. The summed E-state index contributed by atoms with van der Waals surface area (Å²) in [5.41, 5.74) is -0.971. The Labute approximate surface area is 98.9 Å². The quantitative estimate of drug-likeness (QED) is 0.825. The van der Waals surface area contributed by atoms with E-state index in [1.54, 1.807) is 41.5 Å². The third-order valence-corrected chi connectivity index (χ3v) is 3.56. The van der Waals surface area contributed by atoms with Gasteiger partial charge in [0.05, 0.1) is 5.75 Å². The molecule has 5 heteroatoms. The first-order valence-electron chi connectivity index (χ1n) is 5.38. The monoisotopic (exact) mass is 249 g/mol. The maximum Gasteiger partial charge on any atom is 0.212 e. The summed E-state index contributed by atoms with van der Waals surface area (Å²) in [6, 6.07) is 0. The molecule has 4 nitrogen and oxygen atoms in total. The van der Waals surface area contributed by atoms with E-state index < -0.39 is 21.0 Å². The lowest BCUT2D eigenvalue weighted by Gasteiger charge is -2.21. The molecule has 0 saturated carbocycles. The Kier molecular flexibility index (Phi) is 4.71. The van der Waals surface area contributed by atoms with Crippen molar-refractivity contribution in [2.45, 2.75) is 53.5 Å². The molecule has 0 aromatic carbocycles. The van der Waals surface area contributed by atoms with E-state index in [2.05, 4.69) is 4.72 Å². The van der Waals surface area contributed by atoms with Gasteiger partial charge >= 0.3 is 0 Å². The molecule has 0 amide bonds. The van der Waals surface area contributed by atoms with Crippen LogP contribution in [0.5, 0.6) is 0 Å². The van der Waals surface area contributed by atoms with Crippen LogP contribution in [0.15, 0.2) is 0 Å². The van der Waals surface area contributed by atoms with Crippen LogP contribution in [0.2, 0.25) is 0 Å². The minimum absolute atomic E-state index is 0.0354. The Morgan fingerprint density at radius 2 is 1.50 bits per heavy atom. The molecule has 0 unspecified atom stereocenters. The predicted molar refractivity (Wildman–Crippen MR) is 65.8 cm³/mol. The second kappa shape index (κ2) is 4.84. The van der Waals surface area contributed by atoms with Gasteiger partial charge in [-0.15, -0.1) is 0 Å². The minimum Gasteiger partial charge on any atom is -0.299 e. The van der Waals surface area contributed by atoms with E-state index in [0.717, 1.165) is 0 Å². The molecule has 0 aromatic heterocycles. The van der Waals surface area contributed by atoms with E-state index in [1.807, 2.05) is 0 Å². The Balaban J connectivity index is 4.38. The molecule has 0 spiro atoms. The molecule has 0 atom stereocenters. The molecule has 0 bridgehead atoms. The standard InChI is InChI=1S/C11H23NO3S/c1-10(2,3)9(13)7-8-16(14,15)12-11(4,5)6/h12H,7-8H2,1-6H3. The average molecular weight is 249 g/mol. The first-order valence-corrected chi connectivity index (χ1v) is 7.04. The molecule has 0 rings (SSSR count). The highest BCUT2D eigenvalue weighted by molar-refractivity contribution is 7.89. The van der Waals surface area contributed by atoms with Crippen molar-refractivity contribution in [1.82, 2.24) is 4.72 Å². The van der Waals surface area contributed by atoms with Crippen molar-refractivity contribution in [3.63, 3.8) is 0 Å². The van der Waals surface area contributed by atoms with E-state index in [4.69, 9.17) is 0 Å². The van der Waals surface area contributed by atoms with Crippen LogP contribution in [0.3, 0.4) is 0 Å². The molecule has 0 saturated heterocycles. The van der Waals surface area contributed by atoms with E-state index in [1.165, 1.54) is 0 Å². The summed E-state index contributed by atoms with van der Waals surface area (Å²) in [6.07, 6.45) is 0.0644. The molecule has 16 heavy (non-hydrogen) atoms. The molecule has 96 valence electrons. The molecule has 0 heterocycles. The first kappa shape index (κ1) is 15.6. The number of carbonyl (C=O) groups is 1. The van der Waals surface area contributed by atoms with Gasteiger partial charge in [0.2, 0.25) is 10.0 Å². The van der Waals surface area contributed by atoms with E-state index >= 15 is 0 Å². The normalized spacial score (nSPS) is 13.9. The second-order valence-corrected chi connectivity index (χ2v) is 7.94. The highest BCUT2D eigenvalue weighted by Crippen LogP contribution is 2.17. The fourth-order valence-corrected chi connectivity index (χ4v) is 2.61. The number of carbonyl (C=O) groups excluding carboxylic acids is 1. The summed E-state index contributed by atoms with van der Waals surface area (Å²) in [5.74, 6) is -0.174. The Bertz CT molecular complexity index is 344. The van der Waals surface area contributed by atoms with Gasteiger partial charge in [-0.1, -0.05) is 20.8 Å². The van der Waals surface area contributed by atoms with Crippen LogP contribution in [-0.4, -0.2) is 25.5 Å². The summed E-state index contributed by atoms with van der Waals surface area (Å²) in [7, 11) is -3.37. The summed E-state index contributed by atoms with van der Waals surface area (Å²) in [4.78, 5) is 11.6. The van der Waals surface area contributed by atoms with Crippen LogP contribution < -0.4 is 4.72 Å². The summed E-state index contributed by atoms with van der Waals surface area (Å²) >= 11 is 0. The highest BCUT2D eigenvalue weighted by atomic mass is 32.2. The maximum absolute atomic E-state index is 11.6. The van der Waals surface area contributed by atoms with Crippen LogP contribution in [0.25, 0.3) is 0 Å². The van der Waals surface area contributed by atoms with Gasteiger partial charge in [-0.05, 0) is 20.8 Å². The van der Waals surface area contributed by atoms with Crippen LogP contribution in [0.4, 0.5) is 0 Å². The average Bonchev–Trinajstić information content (AvgIpc) is 1.93. The van der Waals surface area contributed by atoms with E-state index in [9.17, 15) is 13.2 Å². The lowest BCUT2D eigenvalue weighted by molar-refractivity contribution is -0.125. The second-order valence-electron chi connectivity index (χ2n) is 6.09. The topological polar surface area (TPSA) is 63.2 Å². The molecule has 0 aromatic rings.